The molecule has 0 radical (unpaired) electrons. The number of nitro benzene ring substituents is 1. The molecular weight excluding hydrogens is 536 g/mol. The van der Waals surface area contributed by atoms with Gasteiger partial charge < -0.3 is 20.8 Å². The van der Waals surface area contributed by atoms with Crippen LogP contribution in [0.25, 0.3) is 17.4 Å². The predicted molar refractivity (Wildman–Crippen MR) is 161 cm³/mol. The number of ketones is 1. The van der Waals surface area contributed by atoms with Crippen LogP contribution in [0, 0.1) is 16.0 Å². The third-order valence-corrected chi connectivity index (χ3v) is 6.77. The Kier molecular flexibility index (Phi) is 9.41. The smallest absolute Gasteiger partial charge is 0.269 e. The standard InChI is InChI=1S/C32H30N4O6/c1-3-20(2)30(33)32(39)35-27-16-11-23(19-26(27)31(38)22-7-5-4-6-8-22)34-29(37)18-15-25-14-17-28(42-25)21-9-12-24(13-10-21)36(40)41/h4-20,30H,3,33H2,1-2H3,(H,34,37)(H,35,39)/b18-15+/t20-,30-/m0/s1. The summed E-state index contributed by atoms with van der Waals surface area (Å²) in [4.78, 5) is 49.2. The quantitative estimate of drug-likeness (QED) is 0.0863. The number of nitrogens with zero attached hydrogens (tertiary/aromatic N) is 1. The van der Waals surface area contributed by atoms with Gasteiger partial charge in [0.2, 0.25) is 11.8 Å². The molecule has 0 fully saturated rings. The van der Waals surface area contributed by atoms with Gasteiger partial charge in [0, 0.05) is 40.6 Å². The van der Waals surface area contributed by atoms with Crippen molar-refractivity contribution < 1.29 is 23.7 Å². The lowest BCUT2D eigenvalue weighted by Gasteiger charge is -2.19. The van der Waals surface area contributed by atoms with Gasteiger partial charge >= 0.3 is 0 Å². The number of anilines is 2. The van der Waals surface area contributed by atoms with Crippen LogP contribution < -0.4 is 16.4 Å². The number of rotatable bonds is 11. The fourth-order valence-electron chi connectivity index (χ4n) is 4.08. The number of furan rings is 1. The summed E-state index contributed by atoms with van der Waals surface area (Å²) in [5, 5.41) is 16.4. The number of nitrogens with two attached hydrogens (primary N) is 1. The second-order valence-electron chi connectivity index (χ2n) is 9.68. The Balaban J connectivity index is 1.51. The van der Waals surface area contributed by atoms with E-state index in [4.69, 9.17) is 10.2 Å². The first-order valence-corrected chi connectivity index (χ1v) is 13.3. The van der Waals surface area contributed by atoms with Crippen LogP contribution in [0.4, 0.5) is 17.1 Å². The maximum Gasteiger partial charge on any atom is 0.269 e. The average molecular weight is 567 g/mol. The van der Waals surface area contributed by atoms with E-state index in [2.05, 4.69) is 10.6 Å². The molecule has 0 unspecified atom stereocenters. The minimum Gasteiger partial charge on any atom is -0.457 e. The van der Waals surface area contributed by atoms with Gasteiger partial charge in [-0.05, 0) is 54.5 Å². The number of nitrogens with one attached hydrogen (secondary N) is 2. The molecule has 4 rings (SSSR count). The van der Waals surface area contributed by atoms with E-state index in [1.165, 1.54) is 30.4 Å². The van der Waals surface area contributed by atoms with Crippen LogP contribution in [0.15, 0.2) is 95.4 Å². The van der Waals surface area contributed by atoms with Crippen molar-refractivity contribution in [3.05, 3.63) is 118 Å². The van der Waals surface area contributed by atoms with Gasteiger partial charge in [-0.2, -0.15) is 0 Å². The first kappa shape index (κ1) is 29.6. The van der Waals surface area contributed by atoms with Crippen LogP contribution >= 0.6 is 0 Å². The molecule has 0 saturated carbocycles. The minimum absolute atomic E-state index is 0.0270. The molecule has 0 bridgehead atoms. The Morgan fingerprint density at radius 2 is 1.69 bits per heavy atom. The summed E-state index contributed by atoms with van der Waals surface area (Å²) in [6.45, 7) is 3.82. The van der Waals surface area contributed by atoms with Gasteiger partial charge in [0.25, 0.3) is 5.69 Å². The molecule has 42 heavy (non-hydrogen) atoms. The molecule has 0 spiro atoms. The van der Waals surface area contributed by atoms with E-state index in [9.17, 15) is 24.5 Å². The largest absolute Gasteiger partial charge is 0.457 e. The van der Waals surface area contributed by atoms with Crippen molar-refractivity contribution in [3.63, 3.8) is 0 Å². The SMILES string of the molecule is CC[C@H](C)[C@H](N)C(=O)Nc1ccc(NC(=O)/C=C/c2ccc(-c3ccc([N+](=O)[O-])cc3)o2)cc1C(=O)c1ccccc1. The van der Waals surface area contributed by atoms with Gasteiger partial charge in [-0.1, -0.05) is 50.6 Å². The summed E-state index contributed by atoms with van der Waals surface area (Å²) in [6, 6.07) is 21.8. The molecular formula is C32H30N4O6. The molecule has 4 N–H and O–H groups in total. The highest BCUT2D eigenvalue weighted by atomic mass is 16.6. The van der Waals surface area contributed by atoms with Crippen LogP contribution in [0.5, 0.6) is 0 Å². The summed E-state index contributed by atoms with van der Waals surface area (Å²) in [6.07, 6.45) is 3.47. The van der Waals surface area contributed by atoms with Crippen molar-refractivity contribution in [2.24, 2.45) is 11.7 Å². The summed E-state index contributed by atoms with van der Waals surface area (Å²) >= 11 is 0. The van der Waals surface area contributed by atoms with Crippen LogP contribution in [0.2, 0.25) is 0 Å². The van der Waals surface area contributed by atoms with Crippen molar-refractivity contribution in [1.82, 2.24) is 0 Å². The molecule has 3 aromatic carbocycles. The number of carbonyl (C=O) groups is 3. The summed E-state index contributed by atoms with van der Waals surface area (Å²) < 4.78 is 5.74. The molecule has 10 heteroatoms. The molecule has 1 aromatic heterocycles. The van der Waals surface area contributed by atoms with Gasteiger partial charge in [-0.15, -0.1) is 0 Å². The highest BCUT2D eigenvalue weighted by molar-refractivity contribution is 6.15. The lowest BCUT2D eigenvalue weighted by molar-refractivity contribution is -0.384. The van der Waals surface area contributed by atoms with Crippen molar-refractivity contribution in [1.29, 1.82) is 0 Å². The van der Waals surface area contributed by atoms with E-state index < -0.39 is 22.8 Å². The summed E-state index contributed by atoms with van der Waals surface area (Å²) in [7, 11) is 0. The number of nitro groups is 1. The van der Waals surface area contributed by atoms with Gasteiger partial charge in [-0.3, -0.25) is 24.5 Å². The van der Waals surface area contributed by atoms with E-state index in [1.54, 1.807) is 66.7 Å². The van der Waals surface area contributed by atoms with Gasteiger partial charge in [0.05, 0.1) is 16.7 Å². The number of carbonyl (C=O) groups excluding carboxylic acids is 3. The fourth-order valence-corrected chi connectivity index (χ4v) is 4.08. The Morgan fingerprint density at radius 3 is 2.36 bits per heavy atom. The van der Waals surface area contributed by atoms with E-state index in [0.717, 1.165) is 6.42 Å². The number of hydrogen-bond donors (Lipinski definition) is 3. The van der Waals surface area contributed by atoms with Crippen molar-refractivity contribution in [2.45, 2.75) is 26.3 Å². The molecule has 2 amide bonds. The van der Waals surface area contributed by atoms with E-state index in [-0.39, 0.29) is 28.6 Å². The second-order valence-corrected chi connectivity index (χ2v) is 9.68. The van der Waals surface area contributed by atoms with Crippen molar-refractivity contribution >= 4 is 40.7 Å². The molecule has 1 heterocycles. The first-order chi connectivity index (χ1) is 20.2. The fraction of sp³-hybridized carbons (Fsp3) is 0.156. The molecule has 0 aliphatic carbocycles. The molecule has 2 atom stereocenters. The average Bonchev–Trinajstić information content (AvgIpc) is 3.49. The van der Waals surface area contributed by atoms with Gasteiger partial charge in [0.1, 0.15) is 11.5 Å². The molecule has 0 aliphatic heterocycles. The molecule has 0 aliphatic rings. The Bertz CT molecular complexity index is 1630. The van der Waals surface area contributed by atoms with Gasteiger partial charge in [0.15, 0.2) is 5.78 Å². The highest BCUT2D eigenvalue weighted by Gasteiger charge is 2.22. The van der Waals surface area contributed by atoms with Crippen molar-refractivity contribution in [3.8, 4) is 11.3 Å². The third-order valence-electron chi connectivity index (χ3n) is 6.77. The minimum atomic E-state index is -0.748. The zero-order valence-electron chi connectivity index (χ0n) is 23.1. The number of non-ortho nitro benzene ring substituents is 1. The van der Waals surface area contributed by atoms with E-state index >= 15 is 0 Å². The number of amides is 2. The topological polar surface area (TPSA) is 158 Å². The lowest BCUT2D eigenvalue weighted by Crippen LogP contribution is -2.40. The Labute approximate surface area is 242 Å². The monoisotopic (exact) mass is 566 g/mol. The lowest BCUT2D eigenvalue weighted by atomic mass is 9.98. The van der Waals surface area contributed by atoms with Crippen LogP contribution in [-0.4, -0.2) is 28.6 Å². The number of hydrogen-bond acceptors (Lipinski definition) is 7. The summed E-state index contributed by atoms with van der Waals surface area (Å²) in [5.74, 6) is -0.379. The normalized spacial score (nSPS) is 12.5. The van der Waals surface area contributed by atoms with E-state index in [1.807, 2.05) is 13.8 Å². The predicted octanol–water partition coefficient (Wildman–Crippen LogP) is 6.05. The summed E-state index contributed by atoms with van der Waals surface area (Å²) in [5.41, 5.74) is 7.97. The van der Waals surface area contributed by atoms with Gasteiger partial charge in [-0.25, -0.2) is 0 Å². The molecule has 4 aromatic rings. The van der Waals surface area contributed by atoms with E-state index in [0.29, 0.717) is 28.3 Å². The van der Waals surface area contributed by atoms with Crippen LogP contribution in [0.3, 0.4) is 0 Å². The zero-order chi connectivity index (χ0) is 30.2. The Morgan fingerprint density at radius 1 is 0.976 bits per heavy atom. The Hall–Kier alpha value is -5.35. The molecule has 214 valence electrons. The molecule has 10 nitrogen and oxygen atoms in total. The molecule has 0 saturated heterocycles. The maximum atomic E-state index is 13.4. The second kappa shape index (κ2) is 13.3. The van der Waals surface area contributed by atoms with Crippen LogP contribution in [-0.2, 0) is 9.59 Å². The van der Waals surface area contributed by atoms with Crippen LogP contribution in [0.1, 0.15) is 41.9 Å². The zero-order valence-corrected chi connectivity index (χ0v) is 23.1. The first-order valence-electron chi connectivity index (χ1n) is 13.3. The highest BCUT2D eigenvalue weighted by Crippen LogP contribution is 2.26. The maximum absolute atomic E-state index is 13.4. The third kappa shape index (κ3) is 7.23. The number of benzene rings is 3. The van der Waals surface area contributed by atoms with Crippen molar-refractivity contribution in [2.75, 3.05) is 10.6 Å².